The van der Waals surface area contributed by atoms with Crippen LogP contribution in [-0.2, 0) is 0 Å². The number of halogens is 1. The van der Waals surface area contributed by atoms with Crippen LogP contribution in [0, 0.1) is 6.92 Å². The fraction of sp³-hybridized carbons (Fsp3) is 0.0714. The quantitative estimate of drug-likeness (QED) is 0.760. The molecule has 5 nitrogen and oxygen atoms in total. The number of rotatable bonds is 2. The molecule has 0 spiro atoms. The Kier molecular flexibility index (Phi) is 3.48. The van der Waals surface area contributed by atoms with E-state index in [1.807, 2.05) is 6.92 Å². The molecular formula is C14H10ClN3O2S. The summed E-state index contributed by atoms with van der Waals surface area (Å²) in [7, 11) is 0. The van der Waals surface area contributed by atoms with Crippen molar-refractivity contribution in [2.45, 2.75) is 6.92 Å². The number of benzene rings is 1. The summed E-state index contributed by atoms with van der Waals surface area (Å²) in [6.07, 6.45) is 0. The zero-order valence-corrected chi connectivity index (χ0v) is 12.5. The van der Waals surface area contributed by atoms with Crippen molar-refractivity contribution >= 4 is 22.9 Å². The summed E-state index contributed by atoms with van der Waals surface area (Å²) >= 11 is 7.50. The highest BCUT2D eigenvalue weighted by molar-refractivity contribution is 7.09. The van der Waals surface area contributed by atoms with E-state index in [1.54, 1.807) is 29.6 Å². The number of aryl methyl sites for hydroxylation is 1. The van der Waals surface area contributed by atoms with Gasteiger partial charge < -0.3 is 10.1 Å². The van der Waals surface area contributed by atoms with Crippen LogP contribution in [0.3, 0.4) is 0 Å². The van der Waals surface area contributed by atoms with E-state index in [-0.39, 0.29) is 17.3 Å². The highest BCUT2D eigenvalue weighted by Gasteiger charge is 2.16. The van der Waals surface area contributed by atoms with E-state index in [0.717, 1.165) is 5.01 Å². The molecule has 0 saturated carbocycles. The molecule has 0 unspecified atom stereocenters. The smallest absolute Gasteiger partial charge is 0.263 e. The number of aromatic nitrogens is 3. The third kappa shape index (κ3) is 2.55. The molecule has 7 heteroatoms. The van der Waals surface area contributed by atoms with Crippen LogP contribution in [0.25, 0.3) is 22.6 Å². The van der Waals surface area contributed by atoms with Crippen molar-refractivity contribution in [1.29, 1.82) is 0 Å². The van der Waals surface area contributed by atoms with Gasteiger partial charge in [0.25, 0.3) is 5.56 Å². The molecule has 0 aliphatic rings. The van der Waals surface area contributed by atoms with Gasteiger partial charge in [-0.2, -0.15) is 4.98 Å². The van der Waals surface area contributed by atoms with Crippen LogP contribution in [0.4, 0.5) is 0 Å². The number of hydrogen-bond acceptors (Lipinski definition) is 5. The predicted molar refractivity (Wildman–Crippen MR) is 82.8 cm³/mol. The molecule has 2 heterocycles. The van der Waals surface area contributed by atoms with Crippen molar-refractivity contribution in [3.05, 3.63) is 50.0 Å². The second-order valence-electron chi connectivity index (χ2n) is 4.34. The van der Waals surface area contributed by atoms with Crippen LogP contribution < -0.4 is 5.56 Å². The minimum Gasteiger partial charge on any atom is -0.493 e. The molecule has 106 valence electrons. The minimum absolute atomic E-state index is 0.0521. The molecule has 0 aliphatic heterocycles. The van der Waals surface area contributed by atoms with Crippen molar-refractivity contribution in [3.63, 3.8) is 0 Å². The summed E-state index contributed by atoms with van der Waals surface area (Å²) in [5.41, 5.74) is 0.551. The summed E-state index contributed by atoms with van der Waals surface area (Å²) in [5, 5.41) is 13.1. The van der Waals surface area contributed by atoms with E-state index in [4.69, 9.17) is 11.6 Å². The van der Waals surface area contributed by atoms with E-state index < -0.39 is 5.56 Å². The number of thiazole rings is 1. The first-order chi connectivity index (χ1) is 10.1. The van der Waals surface area contributed by atoms with Gasteiger partial charge >= 0.3 is 0 Å². The van der Waals surface area contributed by atoms with Gasteiger partial charge in [0, 0.05) is 16.0 Å². The number of H-pyrrole nitrogens is 1. The first-order valence-corrected chi connectivity index (χ1v) is 7.32. The van der Waals surface area contributed by atoms with Gasteiger partial charge in [0.05, 0.1) is 5.01 Å². The van der Waals surface area contributed by atoms with Crippen LogP contribution in [0.5, 0.6) is 5.88 Å². The molecule has 0 atom stereocenters. The van der Waals surface area contributed by atoms with Crippen LogP contribution in [0.15, 0.2) is 34.4 Å². The Bertz CT molecular complexity index is 873. The van der Waals surface area contributed by atoms with Gasteiger partial charge in [-0.25, -0.2) is 4.98 Å². The normalized spacial score (nSPS) is 10.8. The molecule has 3 rings (SSSR count). The highest BCUT2D eigenvalue weighted by atomic mass is 35.5. The molecule has 2 N–H and O–H groups in total. The molecule has 0 fully saturated rings. The molecule has 0 bridgehead atoms. The lowest BCUT2D eigenvalue weighted by Crippen LogP contribution is -2.12. The second kappa shape index (κ2) is 5.31. The Morgan fingerprint density at radius 3 is 2.67 bits per heavy atom. The fourth-order valence-corrected chi connectivity index (χ4v) is 2.79. The topological polar surface area (TPSA) is 78.9 Å². The molecule has 0 radical (unpaired) electrons. The van der Waals surface area contributed by atoms with E-state index in [0.29, 0.717) is 16.3 Å². The second-order valence-corrected chi connectivity index (χ2v) is 5.81. The lowest BCUT2D eigenvalue weighted by Gasteiger charge is -2.06. The number of aromatic hydroxyl groups is 1. The highest BCUT2D eigenvalue weighted by Crippen LogP contribution is 2.31. The van der Waals surface area contributed by atoms with Crippen molar-refractivity contribution in [1.82, 2.24) is 15.0 Å². The minimum atomic E-state index is -0.462. The summed E-state index contributed by atoms with van der Waals surface area (Å²) < 4.78 is 0. The largest absolute Gasteiger partial charge is 0.493 e. The van der Waals surface area contributed by atoms with Crippen LogP contribution in [0.2, 0.25) is 5.02 Å². The average Bonchev–Trinajstić information content (AvgIpc) is 2.87. The lowest BCUT2D eigenvalue weighted by molar-refractivity contribution is 0.454. The molecule has 0 amide bonds. The van der Waals surface area contributed by atoms with Crippen molar-refractivity contribution in [2.24, 2.45) is 0 Å². The fourth-order valence-electron chi connectivity index (χ4n) is 1.96. The number of aromatic amines is 1. The first kappa shape index (κ1) is 13.8. The Hall–Kier alpha value is -2.18. The maximum absolute atomic E-state index is 12.3. The van der Waals surface area contributed by atoms with Gasteiger partial charge in [0.2, 0.25) is 5.88 Å². The molecule has 3 aromatic rings. The summed E-state index contributed by atoms with van der Waals surface area (Å²) in [4.78, 5) is 23.1. The van der Waals surface area contributed by atoms with E-state index >= 15 is 0 Å². The van der Waals surface area contributed by atoms with Gasteiger partial charge in [-0.3, -0.25) is 4.79 Å². The Labute approximate surface area is 128 Å². The Balaban J connectivity index is 2.18. The molecule has 0 saturated heterocycles. The number of hydrogen-bond donors (Lipinski definition) is 2. The van der Waals surface area contributed by atoms with Gasteiger partial charge in [-0.1, -0.05) is 29.8 Å². The van der Waals surface area contributed by atoms with Gasteiger partial charge in [0.1, 0.15) is 11.3 Å². The third-order valence-corrected chi connectivity index (χ3v) is 4.01. The van der Waals surface area contributed by atoms with Crippen molar-refractivity contribution in [3.8, 4) is 28.5 Å². The summed E-state index contributed by atoms with van der Waals surface area (Å²) in [6, 6.07) is 6.78. The van der Waals surface area contributed by atoms with E-state index in [9.17, 15) is 9.90 Å². The lowest BCUT2D eigenvalue weighted by atomic mass is 10.1. The maximum Gasteiger partial charge on any atom is 0.263 e. The predicted octanol–water partition coefficient (Wildman–Crippen LogP) is 3.23. The van der Waals surface area contributed by atoms with Crippen LogP contribution in [-0.4, -0.2) is 20.1 Å². The van der Waals surface area contributed by atoms with E-state index in [1.165, 1.54) is 11.3 Å². The van der Waals surface area contributed by atoms with Crippen LogP contribution >= 0.6 is 22.9 Å². The first-order valence-electron chi connectivity index (χ1n) is 6.07. The summed E-state index contributed by atoms with van der Waals surface area (Å²) in [5.74, 6) is -0.134. The zero-order valence-electron chi connectivity index (χ0n) is 10.9. The van der Waals surface area contributed by atoms with Gasteiger partial charge in [0.15, 0.2) is 5.82 Å². The average molecular weight is 320 g/mol. The Morgan fingerprint density at radius 2 is 2.05 bits per heavy atom. The molecule has 0 aliphatic carbocycles. The molecule has 1 aromatic carbocycles. The van der Waals surface area contributed by atoms with Crippen molar-refractivity contribution < 1.29 is 5.11 Å². The van der Waals surface area contributed by atoms with Gasteiger partial charge in [-0.15, -0.1) is 11.3 Å². The SMILES string of the molecule is Cc1nc(-c2nc(O)c(-c3ccccc3Cl)c(=O)[nH]2)cs1. The molecular weight excluding hydrogens is 310 g/mol. The standard InChI is InChI=1S/C14H10ClN3O2S/c1-7-16-10(6-21-7)12-17-13(19)11(14(20)18-12)8-4-2-3-5-9(8)15/h2-6H,1H3,(H2,17,18,19,20). The van der Waals surface area contributed by atoms with Crippen molar-refractivity contribution in [2.75, 3.05) is 0 Å². The Morgan fingerprint density at radius 1 is 1.29 bits per heavy atom. The summed E-state index contributed by atoms with van der Waals surface area (Å²) in [6.45, 7) is 1.85. The van der Waals surface area contributed by atoms with E-state index in [2.05, 4.69) is 15.0 Å². The molecule has 21 heavy (non-hydrogen) atoms. The molecule has 2 aromatic heterocycles. The van der Waals surface area contributed by atoms with Crippen LogP contribution in [0.1, 0.15) is 5.01 Å². The monoisotopic (exact) mass is 319 g/mol. The van der Waals surface area contributed by atoms with Gasteiger partial charge in [-0.05, 0) is 13.0 Å². The number of nitrogens with one attached hydrogen (secondary N) is 1. The zero-order chi connectivity index (χ0) is 15.0. The third-order valence-electron chi connectivity index (χ3n) is 2.91. The number of nitrogens with zero attached hydrogens (tertiary/aromatic N) is 2. The maximum atomic E-state index is 12.3.